The summed E-state index contributed by atoms with van der Waals surface area (Å²) >= 11 is 0. The number of rotatable bonds is 5. The van der Waals surface area contributed by atoms with Crippen molar-refractivity contribution in [2.24, 2.45) is 0 Å². The molecule has 0 amide bonds. The quantitative estimate of drug-likeness (QED) is 0.849. The Labute approximate surface area is 118 Å². The fourth-order valence-corrected chi connectivity index (χ4v) is 1.98. The second kappa shape index (κ2) is 6.82. The van der Waals surface area contributed by atoms with Gasteiger partial charge < -0.3 is 10.1 Å². The van der Waals surface area contributed by atoms with Crippen LogP contribution in [0.5, 0.6) is 0 Å². The standard InChI is InChI=1S/C16H18N2O2/c1-12(15-9-5-6-10-17-15)18-11-13-7-3-4-8-14(13)16(19)20-2/h3-10,12,18H,11H2,1-2H3. The molecule has 0 saturated carbocycles. The fourth-order valence-electron chi connectivity index (χ4n) is 1.98. The van der Waals surface area contributed by atoms with Gasteiger partial charge in [0.1, 0.15) is 0 Å². The van der Waals surface area contributed by atoms with Gasteiger partial charge >= 0.3 is 5.97 Å². The third-order valence-corrected chi connectivity index (χ3v) is 3.15. The SMILES string of the molecule is COC(=O)c1ccccc1CNC(C)c1ccccn1. The number of carbonyl (C=O) groups excluding carboxylic acids is 1. The van der Waals surface area contributed by atoms with Crippen LogP contribution >= 0.6 is 0 Å². The molecule has 0 radical (unpaired) electrons. The molecule has 1 aromatic heterocycles. The lowest BCUT2D eigenvalue weighted by Crippen LogP contribution is -2.20. The Morgan fingerprint density at radius 3 is 2.70 bits per heavy atom. The van der Waals surface area contributed by atoms with E-state index in [0.29, 0.717) is 12.1 Å². The summed E-state index contributed by atoms with van der Waals surface area (Å²) in [5.74, 6) is -0.312. The topological polar surface area (TPSA) is 51.2 Å². The van der Waals surface area contributed by atoms with Gasteiger partial charge in [0, 0.05) is 18.8 Å². The third-order valence-electron chi connectivity index (χ3n) is 3.15. The number of esters is 1. The Morgan fingerprint density at radius 1 is 1.25 bits per heavy atom. The van der Waals surface area contributed by atoms with Crippen molar-refractivity contribution in [2.75, 3.05) is 7.11 Å². The Morgan fingerprint density at radius 2 is 2.00 bits per heavy atom. The van der Waals surface area contributed by atoms with Crippen LogP contribution in [0.3, 0.4) is 0 Å². The average molecular weight is 270 g/mol. The molecular formula is C16H18N2O2. The van der Waals surface area contributed by atoms with E-state index in [9.17, 15) is 4.79 Å². The van der Waals surface area contributed by atoms with E-state index in [2.05, 4.69) is 10.3 Å². The Bertz CT molecular complexity index is 570. The summed E-state index contributed by atoms with van der Waals surface area (Å²) in [5.41, 5.74) is 2.49. The van der Waals surface area contributed by atoms with Crippen molar-refractivity contribution in [3.8, 4) is 0 Å². The van der Waals surface area contributed by atoms with Gasteiger partial charge in [-0.3, -0.25) is 4.98 Å². The Kier molecular flexibility index (Phi) is 4.85. The van der Waals surface area contributed by atoms with Crippen LogP contribution in [0.25, 0.3) is 0 Å². The van der Waals surface area contributed by atoms with Crippen molar-refractivity contribution in [1.29, 1.82) is 0 Å². The maximum absolute atomic E-state index is 11.7. The highest BCUT2D eigenvalue weighted by Gasteiger charge is 2.12. The molecule has 0 aliphatic carbocycles. The van der Waals surface area contributed by atoms with Crippen LogP contribution in [0.4, 0.5) is 0 Å². The number of carbonyl (C=O) groups is 1. The van der Waals surface area contributed by atoms with Crippen LogP contribution in [0.2, 0.25) is 0 Å². The molecule has 4 heteroatoms. The van der Waals surface area contributed by atoms with Crippen molar-refractivity contribution in [1.82, 2.24) is 10.3 Å². The summed E-state index contributed by atoms with van der Waals surface area (Å²) in [7, 11) is 1.39. The highest BCUT2D eigenvalue weighted by Crippen LogP contribution is 2.13. The first-order valence-corrected chi connectivity index (χ1v) is 6.53. The molecule has 4 nitrogen and oxygen atoms in total. The van der Waals surface area contributed by atoms with E-state index in [1.807, 2.05) is 43.3 Å². The minimum absolute atomic E-state index is 0.113. The van der Waals surface area contributed by atoms with Crippen molar-refractivity contribution in [3.63, 3.8) is 0 Å². The molecule has 2 rings (SSSR count). The average Bonchev–Trinajstić information content (AvgIpc) is 2.53. The zero-order chi connectivity index (χ0) is 14.4. The zero-order valence-electron chi connectivity index (χ0n) is 11.7. The van der Waals surface area contributed by atoms with Crippen LogP contribution < -0.4 is 5.32 Å². The molecule has 0 aliphatic heterocycles. The van der Waals surface area contributed by atoms with Gasteiger partial charge in [0.15, 0.2) is 0 Å². The molecular weight excluding hydrogens is 252 g/mol. The first-order valence-electron chi connectivity index (χ1n) is 6.53. The van der Waals surface area contributed by atoms with Crippen LogP contribution in [-0.2, 0) is 11.3 Å². The Balaban J connectivity index is 2.06. The molecule has 1 unspecified atom stereocenters. The lowest BCUT2D eigenvalue weighted by Gasteiger charge is -2.14. The van der Waals surface area contributed by atoms with E-state index in [4.69, 9.17) is 4.74 Å². The minimum Gasteiger partial charge on any atom is -0.465 e. The summed E-state index contributed by atoms with van der Waals surface area (Å²) in [6.45, 7) is 2.63. The smallest absolute Gasteiger partial charge is 0.338 e. The number of ether oxygens (including phenoxy) is 1. The number of nitrogens with one attached hydrogen (secondary N) is 1. The monoisotopic (exact) mass is 270 g/mol. The third kappa shape index (κ3) is 3.42. The molecule has 20 heavy (non-hydrogen) atoms. The summed E-state index contributed by atoms with van der Waals surface area (Å²) < 4.78 is 4.79. The first-order chi connectivity index (χ1) is 9.72. The second-order valence-electron chi connectivity index (χ2n) is 4.51. The van der Waals surface area contributed by atoms with Gasteiger partial charge in [0.05, 0.1) is 18.4 Å². The van der Waals surface area contributed by atoms with E-state index in [1.54, 1.807) is 12.3 Å². The number of hydrogen-bond acceptors (Lipinski definition) is 4. The van der Waals surface area contributed by atoms with E-state index in [1.165, 1.54) is 7.11 Å². The molecule has 0 fully saturated rings. The van der Waals surface area contributed by atoms with E-state index < -0.39 is 0 Å². The second-order valence-corrected chi connectivity index (χ2v) is 4.51. The number of nitrogens with zero attached hydrogens (tertiary/aromatic N) is 1. The maximum Gasteiger partial charge on any atom is 0.338 e. The van der Waals surface area contributed by atoms with Crippen molar-refractivity contribution >= 4 is 5.97 Å². The van der Waals surface area contributed by atoms with E-state index in [-0.39, 0.29) is 12.0 Å². The van der Waals surface area contributed by atoms with E-state index >= 15 is 0 Å². The highest BCUT2D eigenvalue weighted by atomic mass is 16.5. The normalized spacial score (nSPS) is 11.9. The zero-order valence-corrected chi connectivity index (χ0v) is 11.7. The number of aromatic nitrogens is 1. The molecule has 1 N–H and O–H groups in total. The molecule has 1 heterocycles. The predicted octanol–water partition coefficient (Wildman–Crippen LogP) is 2.72. The molecule has 0 saturated heterocycles. The van der Waals surface area contributed by atoms with Gasteiger partial charge in [-0.25, -0.2) is 4.79 Å². The van der Waals surface area contributed by atoms with Crippen LogP contribution in [-0.4, -0.2) is 18.1 Å². The van der Waals surface area contributed by atoms with E-state index in [0.717, 1.165) is 11.3 Å². The van der Waals surface area contributed by atoms with Crippen molar-refractivity contribution in [2.45, 2.75) is 19.5 Å². The number of methoxy groups -OCH3 is 1. The summed E-state index contributed by atoms with van der Waals surface area (Å²) in [6.07, 6.45) is 1.77. The maximum atomic E-state index is 11.7. The highest BCUT2D eigenvalue weighted by molar-refractivity contribution is 5.90. The molecule has 1 aromatic carbocycles. The molecule has 2 aromatic rings. The molecule has 0 aliphatic rings. The summed E-state index contributed by atoms with van der Waals surface area (Å²) in [5, 5.41) is 3.36. The van der Waals surface area contributed by atoms with Crippen molar-refractivity contribution in [3.05, 3.63) is 65.5 Å². The fraction of sp³-hybridized carbons (Fsp3) is 0.250. The first kappa shape index (κ1) is 14.2. The van der Waals surface area contributed by atoms with Gasteiger partial charge in [-0.2, -0.15) is 0 Å². The number of benzene rings is 1. The minimum atomic E-state index is -0.312. The Hall–Kier alpha value is -2.20. The largest absolute Gasteiger partial charge is 0.465 e. The molecule has 104 valence electrons. The molecule has 0 bridgehead atoms. The summed E-state index contributed by atoms with van der Waals surface area (Å²) in [6, 6.07) is 13.4. The van der Waals surface area contributed by atoms with Gasteiger partial charge in [-0.15, -0.1) is 0 Å². The van der Waals surface area contributed by atoms with Gasteiger partial charge in [0.2, 0.25) is 0 Å². The van der Waals surface area contributed by atoms with Gasteiger partial charge in [0.25, 0.3) is 0 Å². The van der Waals surface area contributed by atoms with Crippen LogP contribution in [0.15, 0.2) is 48.7 Å². The lowest BCUT2D eigenvalue weighted by molar-refractivity contribution is 0.0599. The van der Waals surface area contributed by atoms with Crippen LogP contribution in [0.1, 0.15) is 34.6 Å². The van der Waals surface area contributed by atoms with Crippen molar-refractivity contribution < 1.29 is 9.53 Å². The predicted molar refractivity (Wildman–Crippen MR) is 77.3 cm³/mol. The molecule has 0 spiro atoms. The summed E-state index contributed by atoms with van der Waals surface area (Å²) in [4.78, 5) is 16.0. The number of hydrogen-bond donors (Lipinski definition) is 1. The van der Waals surface area contributed by atoms with Gasteiger partial charge in [-0.05, 0) is 30.7 Å². The molecule has 1 atom stereocenters. The van der Waals surface area contributed by atoms with Gasteiger partial charge in [-0.1, -0.05) is 24.3 Å². The number of pyridine rings is 1. The lowest BCUT2D eigenvalue weighted by atomic mass is 10.1. The van der Waals surface area contributed by atoms with Crippen LogP contribution in [0, 0.1) is 0 Å².